The highest BCUT2D eigenvalue weighted by atomic mass is 16.7. The third kappa shape index (κ3) is 2.25. The number of fused-ring (bicyclic) bond motifs is 1. The Morgan fingerprint density at radius 1 is 1.62 bits per heavy atom. The minimum absolute atomic E-state index is 0.103. The van der Waals surface area contributed by atoms with E-state index >= 15 is 0 Å². The van der Waals surface area contributed by atoms with Gasteiger partial charge in [-0.25, -0.2) is 5.48 Å². The maximum Gasteiger partial charge on any atom is 0.276 e. The molecule has 0 aromatic heterocycles. The Morgan fingerprint density at radius 2 is 2.50 bits per heavy atom. The summed E-state index contributed by atoms with van der Waals surface area (Å²) in [6.07, 6.45) is 5.88. The van der Waals surface area contributed by atoms with Crippen molar-refractivity contribution in [3.63, 3.8) is 0 Å². The van der Waals surface area contributed by atoms with Crippen molar-refractivity contribution in [3.8, 4) is 0 Å². The molecular weight excluding hydrogens is 208 g/mol. The van der Waals surface area contributed by atoms with E-state index in [0.717, 1.165) is 31.6 Å². The van der Waals surface area contributed by atoms with E-state index in [1.807, 2.05) is 12.2 Å². The Hall–Kier alpha value is -1.33. The summed E-state index contributed by atoms with van der Waals surface area (Å²) in [5.74, 6) is -0.230. The first-order valence-electron chi connectivity index (χ1n) is 5.50. The van der Waals surface area contributed by atoms with Gasteiger partial charge in [0.25, 0.3) is 5.91 Å². The van der Waals surface area contributed by atoms with E-state index in [4.69, 9.17) is 9.94 Å². The number of aliphatic hydroxyl groups is 1. The molecule has 2 heterocycles. The molecular formula is C11H16N2O3. The highest BCUT2D eigenvalue weighted by Gasteiger charge is 2.24. The summed E-state index contributed by atoms with van der Waals surface area (Å²) in [5, 5.41) is 8.53. The average molecular weight is 224 g/mol. The summed E-state index contributed by atoms with van der Waals surface area (Å²) >= 11 is 0. The fourth-order valence-electron chi connectivity index (χ4n) is 2.05. The van der Waals surface area contributed by atoms with Crippen molar-refractivity contribution in [2.45, 2.75) is 12.8 Å². The molecule has 2 aliphatic heterocycles. The van der Waals surface area contributed by atoms with Crippen LogP contribution < -0.4 is 5.48 Å². The molecule has 1 fully saturated rings. The summed E-state index contributed by atoms with van der Waals surface area (Å²) in [6.45, 7) is 1.92. The number of hydroxylamine groups is 1. The quantitative estimate of drug-likeness (QED) is 0.519. The molecule has 88 valence electrons. The third-order valence-corrected chi connectivity index (χ3v) is 2.75. The summed E-state index contributed by atoms with van der Waals surface area (Å²) in [5.41, 5.74) is 4.12. The van der Waals surface area contributed by atoms with Crippen molar-refractivity contribution < 1.29 is 14.7 Å². The minimum Gasteiger partial charge on any atom is -0.394 e. The molecule has 0 radical (unpaired) electrons. The lowest BCUT2D eigenvalue weighted by atomic mass is 10.1. The van der Waals surface area contributed by atoms with Crippen LogP contribution in [-0.4, -0.2) is 42.2 Å². The Kier molecular flexibility index (Phi) is 3.58. The molecule has 5 heteroatoms. The highest BCUT2D eigenvalue weighted by molar-refractivity contribution is 5.96. The van der Waals surface area contributed by atoms with Crippen LogP contribution in [0.15, 0.2) is 23.4 Å². The van der Waals surface area contributed by atoms with Gasteiger partial charge in [0.05, 0.1) is 18.8 Å². The molecule has 2 aliphatic rings. The molecule has 1 saturated heterocycles. The van der Waals surface area contributed by atoms with E-state index in [-0.39, 0.29) is 19.1 Å². The van der Waals surface area contributed by atoms with Crippen LogP contribution in [0.2, 0.25) is 0 Å². The molecule has 1 amide bonds. The summed E-state index contributed by atoms with van der Waals surface area (Å²) < 4.78 is 0. The standard InChI is InChI=1S/C11H16N2O3/c14-7-8-16-12-11(15)9-3-1-5-13-6-2-4-10(9)13/h1,3,14H,2,4-8H2,(H,12,15). The average Bonchev–Trinajstić information content (AvgIpc) is 2.76. The largest absolute Gasteiger partial charge is 0.394 e. The van der Waals surface area contributed by atoms with E-state index in [2.05, 4.69) is 10.4 Å². The molecule has 0 bridgehead atoms. The van der Waals surface area contributed by atoms with Crippen LogP contribution in [-0.2, 0) is 9.63 Å². The van der Waals surface area contributed by atoms with Gasteiger partial charge in [0.1, 0.15) is 0 Å². The Bertz CT molecular complexity index is 336. The summed E-state index contributed by atoms with van der Waals surface area (Å²) in [4.78, 5) is 18.8. The number of allylic oxidation sites excluding steroid dienone is 1. The van der Waals surface area contributed by atoms with Crippen LogP contribution in [0.1, 0.15) is 12.8 Å². The zero-order valence-electron chi connectivity index (χ0n) is 9.11. The number of rotatable bonds is 4. The molecule has 0 aromatic carbocycles. The van der Waals surface area contributed by atoms with Crippen LogP contribution >= 0.6 is 0 Å². The maximum absolute atomic E-state index is 11.8. The molecule has 0 saturated carbocycles. The number of hydrogen-bond acceptors (Lipinski definition) is 4. The van der Waals surface area contributed by atoms with Gasteiger partial charge in [0.15, 0.2) is 0 Å². The summed E-state index contributed by atoms with van der Waals surface area (Å²) in [7, 11) is 0. The highest BCUT2D eigenvalue weighted by Crippen LogP contribution is 2.27. The Morgan fingerprint density at radius 3 is 3.31 bits per heavy atom. The molecule has 0 aliphatic carbocycles. The van der Waals surface area contributed by atoms with Gasteiger partial charge < -0.3 is 10.0 Å². The number of nitrogens with one attached hydrogen (secondary N) is 1. The summed E-state index contributed by atoms with van der Waals surface area (Å²) in [6, 6.07) is 0. The van der Waals surface area contributed by atoms with E-state index in [1.54, 1.807) is 0 Å². The van der Waals surface area contributed by atoms with Crippen molar-refractivity contribution in [1.29, 1.82) is 0 Å². The van der Waals surface area contributed by atoms with Gasteiger partial charge in [-0.1, -0.05) is 6.08 Å². The maximum atomic E-state index is 11.8. The Labute approximate surface area is 94.3 Å². The van der Waals surface area contributed by atoms with Crippen molar-refractivity contribution in [2.75, 3.05) is 26.3 Å². The predicted molar refractivity (Wildman–Crippen MR) is 58.2 cm³/mol. The SMILES string of the molecule is O=C(NOCCO)C1=C2CCCN2CC=C1. The molecule has 0 aromatic rings. The molecule has 0 atom stereocenters. The van der Waals surface area contributed by atoms with Gasteiger partial charge in [-0.3, -0.25) is 9.63 Å². The molecule has 0 unspecified atom stereocenters. The van der Waals surface area contributed by atoms with E-state index in [1.165, 1.54) is 0 Å². The zero-order valence-corrected chi connectivity index (χ0v) is 9.11. The number of amides is 1. The lowest BCUT2D eigenvalue weighted by molar-refractivity contribution is -0.130. The normalized spacial score (nSPS) is 18.9. The minimum atomic E-state index is -0.230. The molecule has 0 spiro atoms. The van der Waals surface area contributed by atoms with Crippen LogP contribution in [0.5, 0.6) is 0 Å². The lowest BCUT2D eigenvalue weighted by Gasteiger charge is -2.23. The van der Waals surface area contributed by atoms with Gasteiger partial charge in [0, 0.05) is 18.8 Å². The number of aliphatic hydroxyl groups excluding tert-OH is 1. The smallest absolute Gasteiger partial charge is 0.276 e. The number of hydrogen-bond donors (Lipinski definition) is 2. The van der Waals surface area contributed by atoms with Gasteiger partial charge >= 0.3 is 0 Å². The molecule has 2 rings (SSSR count). The van der Waals surface area contributed by atoms with Gasteiger partial charge in [-0.15, -0.1) is 0 Å². The van der Waals surface area contributed by atoms with Crippen LogP contribution in [0.3, 0.4) is 0 Å². The second-order valence-corrected chi connectivity index (χ2v) is 3.82. The number of carbonyl (C=O) groups excluding carboxylic acids is 1. The van der Waals surface area contributed by atoms with Gasteiger partial charge in [0.2, 0.25) is 0 Å². The first-order chi connectivity index (χ1) is 7.83. The fraction of sp³-hybridized carbons (Fsp3) is 0.545. The first kappa shape index (κ1) is 11.2. The monoisotopic (exact) mass is 224 g/mol. The third-order valence-electron chi connectivity index (χ3n) is 2.75. The van der Waals surface area contributed by atoms with E-state index in [0.29, 0.717) is 5.57 Å². The number of carbonyl (C=O) groups is 1. The van der Waals surface area contributed by atoms with Gasteiger partial charge in [-0.05, 0) is 18.9 Å². The lowest BCUT2D eigenvalue weighted by Crippen LogP contribution is -2.31. The second-order valence-electron chi connectivity index (χ2n) is 3.82. The van der Waals surface area contributed by atoms with Crippen molar-refractivity contribution in [3.05, 3.63) is 23.4 Å². The molecule has 16 heavy (non-hydrogen) atoms. The van der Waals surface area contributed by atoms with Crippen LogP contribution in [0, 0.1) is 0 Å². The Balaban J connectivity index is 2.01. The second kappa shape index (κ2) is 5.14. The fourth-order valence-corrected chi connectivity index (χ4v) is 2.05. The van der Waals surface area contributed by atoms with Gasteiger partial charge in [-0.2, -0.15) is 0 Å². The first-order valence-corrected chi connectivity index (χ1v) is 5.50. The van der Waals surface area contributed by atoms with Crippen LogP contribution in [0.4, 0.5) is 0 Å². The van der Waals surface area contributed by atoms with E-state index < -0.39 is 0 Å². The van der Waals surface area contributed by atoms with Crippen molar-refractivity contribution in [2.24, 2.45) is 0 Å². The van der Waals surface area contributed by atoms with Crippen molar-refractivity contribution >= 4 is 5.91 Å². The topological polar surface area (TPSA) is 61.8 Å². The molecule has 2 N–H and O–H groups in total. The van der Waals surface area contributed by atoms with E-state index in [9.17, 15) is 4.79 Å². The zero-order chi connectivity index (χ0) is 11.4. The predicted octanol–water partition coefficient (Wildman–Crippen LogP) is -0.0538. The number of nitrogens with zero attached hydrogens (tertiary/aromatic N) is 1. The van der Waals surface area contributed by atoms with Crippen molar-refractivity contribution in [1.82, 2.24) is 10.4 Å². The van der Waals surface area contributed by atoms with Crippen LogP contribution in [0.25, 0.3) is 0 Å². The molecule has 5 nitrogen and oxygen atoms in total.